The number of benzene rings is 1. The second kappa shape index (κ2) is 7.11. The summed E-state index contributed by atoms with van der Waals surface area (Å²) in [5, 5.41) is 13.3. The van der Waals surface area contributed by atoms with Crippen molar-refractivity contribution in [2.24, 2.45) is 0 Å². The molecule has 3 rings (SSSR count). The molecule has 1 aliphatic rings. The maximum atomic E-state index is 12.7. The molecular weight excluding hydrogens is 364 g/mol. The number of thiazole rings is 1. The first-order valence-electron chi connectivity index (χ1n) is 7.74. The summed E-state index contributed by atoms with van der Waals surface area (Å²) in [5.74, 6) is -1.28. The second-order valence-corrected chi connectivity index (χ2v) is 7.48. The third-order valence-corrected chi connectivity index (χ3v) is 5.52. The Balaban J connectivity index is 1.82. The molecule has 0 aliphatic carbocycles. The first-order chi connectivity index (χ1) is 11.9. The number of carboxylic acid groups (broad SMARTS) is 1. The van der Waals surface area contributed by atoms with E-state index in [1.807, 2.05) is 12.1 Å². The van der Waals surface area contributed by atoms with Crippen molar-refractivity contribution in [3.05, 3.63) is 39.9 Å². The molecule has 1 saturated heterocycles. The Bertz CT molecular complexity index is 797. The highest BCUT2D eigenvalue weighted by molar-refractivity contribution is 7.17. The van der Waals surface area contributed by atoms with Crippen LogP contribution < -0.4 is 5.32 Å². The van der Waals surface area contributed by atoms with E-state index in [2.05, 4.69) is 10.3 Å². The fourth-order valence-corrected chi connectivity index (χ4v) is 3.89. The summed E-state index contributed by atoms with van der Waals surface area (Å²) in [6.07, 6.45) is 0.313. The van der Waals surface area contributed by atoms with Gasteiger partial charge in [0, 0.05) is 17.2 Å². The van der Waals surface area contributed by atoms with E-state index < -0.39 is 11.5 Å². The SMILES string of the molecule is Cc1nc(-c2ccc(Cl)cc2)sc1C(=O)NC1(CC(=O)O)CCOC1. The van der Waals surface area contributed by atoms with E-state index >= 15 is 0 Å². The summed E-state index contributed by atoms with van der Waals surface area (Å²) in [4.78, 5) is 28.8. The molecule has 2 N–H and O–H groups in total. The Morgan fingerprint density at radius 2 is 2.12 bits per heavy atom. The Hall–Kier alpha value is -1.96. The molecule has 1 aromatic carbocycles. The number of aromatic nitrogens is 1. The molecule has 1 aromatic heterocycles. The first-order valence-corrected chi connectivity index (χ1v) is 8.93. The normalized spacial score (nSPS) is 19.8. The van der Waals surface area contributed by atoms with Crippen LogP contribution in [0.5, 0.6) is 0 Å². The van der Waals surface area contributed by atoms with Gasteiger partial charge in [-0.2, -0.15) is 0 Å². The van der Waals surface area contributed by atoms with Crippen molar-refractivity contribution in [1.82, 2.24) is 10.3 Å². The smallest absolute Gasteiger partial charge is 0.305 e. The Morgan fingerprint density at radius 1 is 1.40 bits per heavy atom. The Kier molecular flexibility index (Phi) is 5.08. The lowest BCUT2D eigenvalue weighted by molar-refractivity contribution is -0.138. The molecule has 0 saturated carbocycles. The first kappa shape index (κ1) is 17.8. The van der Waals surface area contributed by atoms with Crippen molar-refractivity contribution >= 4 is 34.8 Å². The highest BCUT2D eigenvalue weighted by atomic mass is 35.5. The van der Waals surface area contributed by atoms with Crippen LogP contribution in [0.2, 0.25) is 5.02 Å². The van der Waals surface area contributed by atoms with Crippen molar-refractivity contribution in [1.29, 1.82) is 0 Å². The number of carbonyl (C=O) groups is 2. The average Bonchev–Trinajstić information content (AvgIpc) is 3.14. The molecule has 1 amide bonds. The van der Waals surface area contributed by atoms with Crippen LogP contribution in [-0.2, 0) is 9.53 Å². The van der Waals surface area contributed by atoms with Gasteiger partial charge >= 0.3 is 5.97 Å². The van der Waals surface area contributed by atoms with E-state index in [-0.39, 0.29) is 18.9 Å². The number of hydrogen-bond acceptors (Lipinski definition) is 5. The van der Waals surface area contributed by atoms with Crippen molar-refractivity contribution in [3.63, 3.8) is 0 Å². The minimum Gasteiger partial charge on any atom is -0.481 e. The zero-order chi connectivity index (χ0) is 18.0. The summed E-state index contributed by atoms with van der Waals surface area (Å²) in [7, 11) is 0. The van der Waals surface area contributed by atoms with E-state index in [9.17, 15) is 9.59 Å². The maximum Gasteiger partial charge on any atom is 0.305 e. The molecule has 0 bridgehead atoms. The van der Waals surface area contributed by atoms with Crippen LogP contribution in [0, 0.1) is 6.92 Å². The third kappa shape index (κ3) is 4.00. The zero-order valence-electron chi connectivity index (χ0n) is 13.5. The average molecular weight is 381 g/mol. The van der Waals surface area contributed by atoms with Crippen LogP contribution in [0.15, 0.2) is 24.3 Å². The molecule has 0 radical (unpaired) electrons. The van der Waals surface area contributed by atoms with Gasteiger partial charge in [-0.1, -0.05) is 23.7 Å². The number of aryl methyl sites for hydroxylation is 1. The lowest BCUT2D eigenvalue weighted by atomic mass is 9.94. The molecule has 8 heteroatoms. The predicted molar refractivity (Wildman–Crippen MR) is 95.2 cm³/mol. The van der Waals surface area contributed by atoms with Gasteiger partial charge in [-0.25, -0.2) is 4.98 Å². The van der Waals surface area contributed by atoms with Crippen LogP contribution in [0.4, 0.5) is 0 Å². The molecule has 132 valence electrons. The van der Waals surface area contributed by atoms with Crippen LogP contribution in [-0.4, -0.2) is 40.7 Å². The van der Waals surface area contributed by atoms with Gasteiger partial charge in [-0.15, -0.1) is 11.3 Å². The van der Waals surface area contributed by atoms with E-state index in [4.69, 9.17) is 21.4 Å². The number of carbonyl (C=O) groups excluding carboxylic acids is 1. The van der Waals surface area contributed by atoms with Crippen molar-refractivity contribution in [2.45, 2.75) is 25.3 Å². The molecule has 1 fully saturated rings. The minimum atomic E-state index is -0.964. The Labute approximate surface area is 153 Å². The highest BCUT2D eigenvalue weighted by Crippen LogP contribution is 2.30. The minimum absolute atomic E-state index is 0.166. The van der Waals surface area contributed by atoms with Gasteiger partial charge < -0.3 is 15.2 Å². The Morgan fingerprint density at radius 3 is 2.72 bits per heavy atom. The largest absolute Gasteiger partial charge is 0.481 e. The molecule has 1 aliphatic heterocycles. The van der Waals surface area contributed by atoms with Gasteiger partial charge in [-0.05, 0) is 25.5 Å². The number of aliphatic carboxylic acids is 1. The van der Waals surface area contributed by atoms with Gasteiger partial charge in [0.1, 0.15) is 9.88 Å². The molecule has 0 spiro atoms. The van der Waals surface area contributed by atoms with Gasteiger partial charge in [0.2, 0.25) is 0 Å². The van der Waals surface area contributed by atoms with Crippen LogP contribution in [0.3, 0.4) is 0 Å². The number of nitrogens with zero attached hydrogens (tertiary/aromatic N) is 1. The number of amides is 1. The number of hydrogen-bond donors (Lipinski definition) is 2. The zero-order valence-corrected chi connectivity index (χ0v) is 15.1. The summed E-state index contributed by atoms with van der Waals surface area (Å²) < 4.78 is 5.31. The number of rotatable bonds is 5. The fraction of sp³-hybridized carbons (Fsp3) is 0.353. The van der Waals surface area contributed by atoms with Gasteiger partial charge in [-0.3, -0.25) is 9.59 Å². The van der Waals surface area contributed by atoms with Crippen molar-refractivity contribution in [2.75, 3.05) is 13.2 Å². The van der Waals surface area contributed by atoms with Gasteiger partial charge in [0.25, 0.3) is 5.91 Å². The van der Waals surface area contributed by atoms with E-state index in [0.29, 0.717) is 33.6 Å². The highest BCUT2D eigenvalue weighted by Gasteiger charge is 2.39. The molecular formula is C17H17ClN2O4S. The monoisotopic (exact) mass is 380 g/mol. The third-order valence-electron chi connectivity index (χ3n) is 4.07. The van der Waals surface area contributed by atoms with Gasteiger partial charge in [0.15, 0.2) is 0 Å². The molecule has 1 unspecified atom stereocenters. The molecule has 6 nitrogen and oxygen atoms in total. The predicted octanol–water partition coefficient (Wildman–Crippen LogP) is 3.14. The van der Waals surface area contributed by atoms with Crippen LogP contribution in [0.1, 0.15) is 28.2 Å². The standard InChI is InChI=1S/C17H17ClN2O4S/c1-10-14(25-16(19-10)11-2-4-12(18)5-3-11)15(23)20-17(8-13(21)22)6-7-24-9-17/h2-5H,6-9H2,1H3,(H,20,23)(H,21,22). The van der Waals surface area contributed by atoms with Crippen molar-refractivity contribution < 1.29 is 19.4 Å². The van der Waals surface area contributed by atoms with Crippen molar-refractivity contribution in [3.8, 4) is 10.6 Å². The molecule has 2 aromatic rings. The maximum absolute atomic E-state index is 12.7. The number of carboxylic acids is 1. The summed E-state index contributed by atoms with van der Waals surface area (Å²) in [6.45, 7) is 2.40. The topological polar surface area (TPSA) is 88.5 Å². The lowest BCUT2D eigenvalue weighted by Gasteiger charge is -2.26. The van der Waals surface area contributed by atoms with E-state index in [1.165, 1.54) is 11.3 Å². The summed E-state index contributed by atoms with van der Waals surface area (Å²) in [5.41, 5.74) is 0.623. The van der Waals surface area contributed by atoms with E-state index in [1.54, 1.807) is 19.1 Å². The summed E-state index contributed by atoms with van der Waals surface area (Å²) in [6, 6.07) is 7.23. The fourth-order valence-electron chi connectivity index (χ4n) is 2.80. The molecule has 2 heterocycles. The molecule has 25 heavy (non-hydrogen) atoms. The quantitative estimate of drug-likeness (QED) is 0.831. The van der Waals surface area contributed by atoms with Crippen LogP contribution in [0.25, 0.3) is 10.6 Å². The molecule has 1 atom stereocenters. The lowest BCUT2D eigenvalue weighted by Crippen LogP contribution is -2.50. The van der Waals surface area contributed by atoms with Crippen LogP contribution >= 0.6 is 22.9 Å². The number of nitrogens with one attached hydrogen (secondary N) is 1. The number of ether oxygens (including phenoxy) is 1. The van der Waals surface area contributed by atoms with E-state index in [0.717, 1.165) is 5.56 Å². The second-order valence-electron chi connectivity index (χ2n) is 6.05. The number of halogens is 1. The van der Waals surface area contributed by atoms with Gasteiger partial charge in [0.05, 0.1) is 24.3 Å². The summed E-state index contributed by atoms with van der Waals surface area (Å²) >= 11 is 7.17.